The number of anilines is 1. The molecule has 3 unspecified atom stereocenters. The molecule has 144 valence electrons. The second kappa shape index (κ2) is 6.98. The first-order chi connectivity index (χ1) is 13.0. The van der Waals surface area contributed by atoms with Gasteiger partial charge in [0, 0.05) is 18.7 Å². The number of carboxylic acid groups (broad SMARTS) is 1. The Morgan fingerprint density at radius 1 is 1.41 bits per heavy atom. The van der Waals surface area contributed by atoms with Crippen molar-refractivity contribution in [3.63, 3.8) is 0 Å². The van der Waals surface area contributed by atoms with Crippen LogP contribution in [0.5, 0.6) is 0 Å². The average molecular weight is 369 g/mol. The Bertz CT molecular complexity index is 875. The molecule has 4 rings (SSSR count). The maximum absolute atomic E-state index is 12.9. The molecule has 0 radical (unpaired) electrons. The highest BCUT2D eigenvalue weighted by Gasteiger charge is 2.43. The number of carbonyl (C=O) groups excluding carboxylic acids is 1. The molecule has 2 aliphatic carbocycles. The van der Waals surface area contributed by atoms with Crippen LogP contribution in [0.4, 0.5) is 5.69 Å². The minimum absolute atomic E-state index is 0.0246. The Morgan fingerprint density at radius 2 is 2.26 bits per heavy atom. The van der Waals surface area contributed by atoms with E-state index in [0.29, 0.717) is 17.6 Å². The van der Waals surface area contributed by atoms with Crippen LogP contribution in [0, 0.1) is 17.3 Å². The van der Waals surface area contributed by atoms with Gasteiger partial charge in [0.15, 0.2) is 5.69 Å². The molecule has 2 bridgehead atoms. The number of hydrogen-bond acceptors (Lipinski definition) is 3. The molecule has 6 heteroatoms. The number of carboxylic acids is 1. The molecule has 2 aromatic heterocycles. The second-order valence-electron chi connectivity index (χ2n) is 8.49. The van der Waals surface area contributed by atoms with Crippen molar-refractivity contribution < 1.29 is 14.7 Å². The number of aromatic nitrogens is 2. The van der Waals surface area contributed by atoms with Crippen molar-refractivity contribution in [3.8, 4) is 0 Å². The number of hydrogen-bond donors (Lipinski definition) is 2. The number of carbonyl (C=O) groups is 2. The van der Waals surface area contributed by atoms with E-state index in [-0.39, 0.29) is 17.0 Å². The molecule has 2 N–H and O–H groups in total. The summed E-state index contributed by atoms with van der Waals surface area (Å²) in [5.74, 6) is 0.476. The Labute approximate surface area is 159 Å². The van der Waals surface area contributed by atoms with Gasteiger partial charge in [0.25, 0.3) is 0 Å². The van der Waals surface area contributed by atoms with E-state index in [1.165, 1.54) is 42.7 Å². The van der Waals surface area contributed by atoms with Gasteiger partial charge >= 0.3 is 5.97 Å². The van der Waals surface area contributed by atoms with Gasteiger partial charge in [-0.05, 0) is 55.1 Å². The Hall–Kier alpha value is -2.37. The van der Waals surface area contributed by atoms with Crippen LogP contribution in [0.15, 0.2) is 24.4 Å². The summed E-state index contributed by atoms with van der Waals surface area (Å²) in [5.41, 5.74) is 1.35. The molecule has 2 aliphatic rings. The van der Waals surface area contributed by atoms with Crippen LogP contribution in [0.3, 0.4) is 0 Å². The summed E-state index contributed by atoms with van der Waals surface area (Å²) in [6.45, 7) is 2.26. The summed E-state index contributed by atoms with van der Waals surface area (Å²) < 4.78 is 1.50. The third-order valence-electron chi connectivity index (χ3n) is 6.54. The summed E-state index contributed by atoms with van der Waals surface area (Å²) in [7, 11) is 0. The van der Waals surface area contributed by atoms with E-state index in [2.05, 4.69) is 17.3 Å². The van der Waals surface area contributed by atoms with E-state index >= 15 is 0 Å². The van der Waals surface area contributed by atoms with Crippen molar-refractivity contribution in [2.75, 3.05) is 5.32 Å². The highest BCUT2D eigenvalue weighted by molar-refractivity contribution is 5.97. The van der Waals surface area contributed by atoms with E-state index in [1.54, 1.807) is 18.3 Å². The summed E-state index contributed by atoms with van der Waals surface area (Å²) >= 11 is 0. The van der Waals surface area contributed by atoms with Crippen LogP contribution >= 0.6 is 0 Å². The topological polar surface area (TPSA) is 83.7 Å². The molecule has 2 fully saturated rings. The lowest BCUT2D eigenvalue weighted by Gasteiger charge is -2.48. The number of nitrogens with one attached hydrogen (secondary N) is 1. The minimum Gasteiger partial charge on any atom is -0.476 e. The van der Waals surface area contributed by atoms with Crippen LogP contribution in [-0.2, 0) is 4.79 Å². The molecule has 0 spiro atoms. The average Bonchev–Trinajstić information content (AvgIpc) is 3.06. The summed E-state index contributed by atoms with van der Waals surface area (Å²) in [6.07, 6.45) is 10.8. The first kappa shape index (κ1) is 18.0. The molecule has 0 aliphatic heterocycles. The highest BCUT2D eigenvalue weighted by Crippen LogP contribution is 2.53. The maximum atomic E-state index is 12.9. The molecule has 0 saturated heterocycles. The van der Waals surface area contributed by atoms with Crippen LogP contribution < -0.4 is 5.32 Å². The van der Waals surface area contributed by atoms with Gasteiger partial charge in [-0.25, -0.2) is 9.31 Å². The second-order valence-corrected chi connectivity index (χ2v) is 8.49. The van der Waals surface area contributed by atoms with Crippen LogP contribution in [0.2, 0.25) is 0 Å². The van der Waals surface area contributed by atoms with Crippen molar-refractivity contribution in [2.24, 2.45) is 17.3 Å². The zero-order chi connectivity index (χ0) is 19.0. The molecule has 2 saturated carbocycles. The fraction of sp³-hybridized carbons (Fsp3) is 0.571. The molecule has 0 aromatic carbocycles. The third-order valence-corrected chi connectivity index (χ3v) is 6.54. The Morgan fingerprint density at radius 3 is 3.04 bits per heavy atom. The van der Waals surface area contributed by atoms with Gasteiger partial charge in [-0.15, -0.1) is 0 Å². The molecule has 3 atom stereocenters. The maximum Gasteiger partial charge on any atom is 0.356 e. The lowest BCUT2D eigenvalue weighted by molar-refractivity contribution is -0.120. The van der Waals surface area contributed by atoms with Gasteiger partial charge in [0.2, 0.25) is 5.91 Å². The van der Waals surface area contributed by atoms with Crippen molar-refractivity contribution in [1.82, 2.24) is 9.61 Å². The van der Waals surface area contributed by atoms with E-state index in [9.17, 15) is 9.59 Å². The fourth-order valence-corrected chi connectivity index (χ4v) is 5.44. The Kier molecular flexibility index (Phi) is 4.66. The zero-order valence-corrected chi connectivity index (χ0v) is 15.8. The number of pyridine rings is 1. The lowest BCUT2D eigenvalue weighted by atomic mass is 9.57. The third kappa shape index (κ3) is 3.57. The SMILES string of the molecule is CCC1CC2CCCC(CC(=O)Nc3cccn4nc(C(=O)O)cc34)(C1)C2. The van der Waals surface area contributed by atoms with E-state index in [4.69, 9.17) is 5.11 Å². The highest BCUT2D eigenvalue weighted by atomic mass is 16.4. The van der Waals surface area contributed by atoms with Gasteiger partial charge in [-0.2, -0.15) is 5.10 Å². The molecule has 6 nitrogen and oxygen atoms in total. The van der Waals surface area contributed by atoms with Crippen molar-refractivity contribution in [3.05, 3.63) is 30.1 Å². The van der Waals surface area contributed by atoms with Crippen molar-refractivity contribution in [2.45, 2.75) is 58.3 Å². The van der Waals surface area contributed by atoms with E-state index in [0.717, 1.165) is 24.7 Å². The standard InChI is InChI=1S/C21H27N3O3/c1-2-14-9-15-5-3-7-21(11-14,12-15)13-19(25)22-16-6-4-8-24-18(16)10-17(23-24)20(26)27/h4,6,8,10,14-15H,2-3,5,7,9,11-13H2,1H3,(H,22,25)(H,26,27). The zero-order valence-electron chi connectivity index (χ0n) is 15.8. The molecule has 2 heterocycles. The first-order valence-electron chi connectivity index (χ1n) is 9.99. The largest absolute Gasteiger partial charge is 0.476 e. The van der Waals surface area contributed by atoms with Gasteiger partial charge in [-0.3, -0.25) is 4.79 Å². The molecular formula is C21H27N3O3. The summed E-state index contributed by atoms with van der Waals surface area (Å²) in [4.78, 5) is 24.1. The van der Waals surface area contributed by atoms with Crippen LogP contribution in [0.1, 0.15) is 68.8 Å². The molecule has 2 aromatic rings. The number of fused-ring (bicyclic) bond motifs is 3. The molecule has 27 heavy (non-hydrogen) atoms. The van der Waals surface area contributed by atoms with Gasteiger partial charge < -0.3 is 10.4 Å². The number of nitrogens with zero attached hydrogens (tertiary/aromatic N) is 2. The summed E-state index contributed by atoms with van der Waals surface area (Å²) in [5, 5.41) is 16.2. The fourth-order valence-electron chi connectivity index (χ4n) is 5.44. The van der Waals surface area contributed by atoms with Crippen LogP contribution in [-0.4, -0.2) is 26.6 Å². The normalized spacial score (nSPS) is 27.4. The number of amides is 1. The van der Waals surface area contributed by atoms with Gasteiger partial charge in [0.1, 0.15) is 0 Å². The molecular weight excluding hydrogens is 342 g/mol. The van der Waals surface area contributed by atoms with E-state index in [1.807, 2.05) is 0 Å². The lowest BCUT2D eigenvalue weighted by Crippen LogP contribution is -2.39. The number of rotatable bonds is 5. The predicted molar refractivity (Wildman–Crippen MR) is 103 cm³/mol. The van der Waals surface area contributed by atoms with Gasteiger partial charge in [-0.1, -0.05) is 26.2 Å². The quantitative estimate of drug-likeness (QED) is 0.820. The Balaban J connectivity index is 1.52. The van der Waals surface area contributed by atoms with Crippen molar-refractivity contribution >= 4 is 23.1 Å². The molecule has 1 amide bonds. The smallest absolute Gasteiger partial charge is 0.356 e. The van der Waals surface area contributed by atoms with E-state index < -0.39 is 5.97 Å². The summed E-state index contributed by atoms with van der Waals surface area (Å²) in [6, 6.07) is 5.07. The van der Waals surface area contributed by atoms with Crippen LogP contribution in [0.25, 0.3) is 5.52 Å². The minimum atomic E-state index is -1.07. The monoisotopic (exact) mass is 369 g/mol. The van der Waals surface area contributed by atoms with Crippen molar-refractivity contribution in [1.29, 1.82) is 0 Å². The predicted octanol–water partition coefficient (Wildman–Crippen LogP) is 4.36. The van der Waals surface area contributed by atoms with Gasteiger partial charge in [0.05, 0.1) is 11.2 Å². The number of aromatic carboxylic acids is 1. The first-order valence-corrected chi connectivity index (χ1v) is 9.99.